The monoisotopic (exact) mass is 272 g/mol. The first kappa shape index (κ1) is 13.2. The molecule has 1 aliphatic rings. The minimum absolute atomic E-state index is 0.138. The van der Waals surface area contributed by atoms with Crippen LogP contribution in [0.25, 0.3) is 0 Å². The molecule has 0 spiro atoms. The van der Waals surface area contributed by atoms with Gasteiger partial charge in [0.15, 0.2) is 0 Å². The molecule has 1 aliphatic carbocycles. The number of hydrogen-bond acceptors (Lipinski definition) is 1. The number of hydrogen-bond donors (Lipinski definition) is 1. The van der Waals surface area contributed by atoms with Crippen LogP contribution in [-0.4, -0.2) is 11.2 Å². The lowest BCUT2D eigenvalue weighted by Crippen LogP contribution is -2.12. The van der Waals surface area contributed by atoms with Gasteiger partial charge in [0.1, 0.15) is 0 Å². The van der Waals surface area contributed by atoms with Crippen molar-refractivity contribution in [2.75, 3.05) is 0 Å². The number of halogens is 2. The molecule has 1 saturated carbocycles. The highest BCUT2D eigenvalue weighted by molar-refractivity contribution is 6.33. The number of benzene rings is 1. The Morgan fingerprint density at radius 3 is 2.76 bits per heavy atom. The second-order valence-electron chi connectivity index (χ2n) is 4.98. The van der Waals surface area contributed by atoms with Crippen LogP contribution >= 0.6 is 23.2 Å². The van der Waals surface area contributed by atoms with Crippen LogP contribution in [0.2, 0.25) is 10.0 Å². The van der Waals surface area contributed by atoms with Gasteiger partial charge in [0.05, 0.1) is 6.10 Å². The molecule has 0 bridgehead atoms. The Morgan fingerprint density at radius 1 is 1.18 bits per heavy atom. The van der Waals surface area contributed by atoms with E-state index in [0.717, 1.165) is 41.3 Å². The molecule has 0 aliphatic heterocycles. The van der Waals surface area contributed by atoms with Gasteiger partial charge in [-0.3, -0.25) is 0 Å². The molecule has 94 valence electrons. The van der Waals surface area contributed by atoms with Crippen molar-refractivity contribution in [2.24, 2.45) is 5.92 Å². The predicted molar refractivity (Wildman–Crippen MR) is 72.7 cm³/mol. The van der Waals surface area contributed by atoms with E-state index in [9.17, 15) is 5.11 Å². The van der Waals surface area contributed by atoms with E-state index in [2.05, 4.69) is 0 Å². The van der Waals surface area contributed by atoms with Crippen molar-refractivity contribution in [2.45, 2.75) is 44.6 Å². The number of aliphatic hydroxyl groups is 1. The Kier molecular flexibility index (Phi) is 4.72. The summed E-state index contributed by atoms with van der Waals surface area (Å²) in [5, 5.41) is 11.3. The van der Waals surface area contributed by atoms with Crippen LogP contribution in [0.4, 0.5) is 0 Å². The normalized spacial score (nSPS) is 25.6. The first-order valence-corrected chi connectivity index (χ1v) is 7.02. The Bertz CT molecular complexity index is 378. The van der Waals surface area contributed by atoms with Crippen molar-refractivity contribution in [3.05, 3.63) is 33.8 Å². The maximum atomic E-state index is 9.80. The minimum atomic E-state index is -0.138. The van der Waals surface area contributed by atoms with Gasteiger partial charge in [-0.2, -0.15) is 0 Å². The third-order valence-corrected chi connectivity index (χ3v) is 4.13. The van der Waals surface area contributed by atoms with Gasteiger partial charge in [-0.15, -0.1) is 0 Å². The first-order valence-electron chi connectivity index (χ1n) is 6.27. The van der Waals surface area contributed by atoms with Gasteiger partial charge in [-0.05, 0) is 48.9 Å². The van der Waals surface area contributed by atoms with E-state index >= 15 is 0 Å². The largest absolute Gasteiger partial charge is 0.393 e. The Balaban J connectivity index is 2.06. The second kappa shape index (κ2) is 6.08. The Hall–Kier alpha value is -0.240. The van der Waals surface area contributed by atoms with Crippen molar-refractivity contribution in [1.82, 2.24) is 0 Å². The van der Waals surface area contributed by atoms with Crippen molar-refractivity contribution < 1.29 is 5.11 Å². The van der Waals surface area contributed by atoms with Crippen molar-refractivity contribution in [3.63, 3.8) is 0 Å². The number of aliphatic hydroxyl groups excluding tert-OH is 1. The first-order chi connectivity index (χ1) is 8.15. The molecule has 0 saturated heterocycles. The predicted octanol–water partition coefficient (Wildman–Crippen LogP) is 4.48. The van der Waals surface area contributed by atoms with E-state index in [1.54, 1.807) is 0 Å². The van der Waals surface area contributed by atoms with Crippen molar-refractivity contribution in [1.29, 1.82) is 0 Å². The highest BCUT2D eigenvalue weighted by Gasteiger charge is 2.19. The zero-order valence-corrected chi connectivity index (χ0v) is 11.3. The van der Waals surface area contributed by atoms with Crippen LogP contribution in [0.3, 0.4) is 0 Å². The van der Waals surface area contributed by atoms with Gasteiger partial charge >= 0.3 is 0 Å². The Morgan fingerprint density at radius 2 is 1.94 bits per heavy atom. The molecule has 0 aromatic heterocycles. The molecule has 2 unspecified atom stereocenters. The summed E-state index contributed by atoms with van der Waals surface area (Å²) in [7, 11) is 0. The third-order valence-electron chi connectivity index (χ3n) is 3.52. The summed E-state index contributed by atoms with van der Waals surface area (Å²) >= 11 is 12.2. The minimum Gasteiger partial charge on any atom is -0.393 e. The van der Waals surface area contributed by atoms with Crippen LogP contribution in [0, 0.1) is 5.92 Å². The molecule has 1 aromatic carbocycles. The fourth-order valence-corrected chi connectivity index (χ4v) is 3.02. The van der Waals surface area contributed by atoms with Gasteiger partial charge in [-0.25, -0.2) is 0 Å². The molecule has 17 heavy (non-hydrogen) atoms. The average molecular weight is 273 g/mol. The fraction of sp³-hybridized carbons (Fsp3) is 0.571. The lowest BCUT2D eigenvalue weighted by molar-refractivity contribution is 0.141. The van der Waals surface area contributed by atoms with Gasteiger partial charge in [0, 0.05) is 10.0 Å². The van der Waals surface area contributed by atoms with Gasteiger partial charge in [0.2, 0.25) is 0 Å². The maximum Gasteiger partial charge on any atom is 0.0543 e. The highest BCUT2D eigenvalue weighted by atomic mass is 35.5. The van der Waals surface area contributed by atoms with Crippen LogP contribution in [0.15, 0.2) is 18.2 Å². The third kappa shape index (κ3) is 3.87. The molecule has 1 aromatic rings. The summed E-state index contributed by atoms with van der Waals surface area (Å²) in [6, 6.07) is 5.61. The lowest BCUT2D eigenvalue weighted by atomic mass is 9.92. The van der Waals surface area contributed by atoms with E-state index < -0.39 is 0 Å². The summed E-state index contributed by atoms with van der Waals surface area (Å²) in [5.41, 5.74) is 1.11. The molecular formula is C14H18Cl2O. The standard InChI is InChI=1S/C14H18Cl2O/c15-12-5-6-14(16)11(9-12)7-10-3-1-2-4-13(17)8-10/h5-6,9-10,13,17H,1-4,7-8H2. The molecule has 3 heteroatoms. The SMILES string of the molecule is OC1CCCCC(Cc2cc(Cl)ccc2Cl)C1. The quantitative estimate of drug-likeness (QED) is 0.788. The maximum absolute atomic E-state index is 9.80. The lowest BCUT2D eigenvalue weighted by Gasteiger charge is -2.17. The van der Waals surface area contributed by atoms with E-state index in [1.165, 1.54) is 12.8 Å². The molecule has 0 heterocycles. The van der Waals surface area contributed by atoms with Crippen LogP contribution in [-0.2, 0) is 6.42 Å². The summed E-state index contributed by atoms with van der Waals surface area (Å²) < 4.78 is 0. The Labute approximate surface area is 113 Å². The molecule has 1 N–H and O–H groups in total. The van der Waals surface area contributed by atoms with Gasteiger partial charge in [0.25, 0.3) is 0 Å². The summed E-state index contributed by atoms with van der Waals surface area (Å²) in [6.07, 6.45) is 6.15. The molecule has 0 amide bonds. The van der Waals surface area contributed by atoms with E-state index in [-0.39, 0.29) is 6.10 Å². The number of rotatable bonds is 2. The van der Waals surface area contributed by atoms with E-state index in [4.69, 9.17) is 23.2 Å². The zero-order valence-electron chi connectivity index (χ0n) is 9.83. The van der Waals surface area contributed by atoms with E-state index in [1.807, 2.05) is 18.2 Å². The molecule has 2 atom stereocenters. The summed E-state index contributed by atoms with van der Waals surface area (Å²) in [5.74, 6) is 0.531. The molecule has 1 nitrogen and oxygen atoms in total. The molecular weight excluding hydrogens is 255 g/mol. The van der Waals surface area contributed by atoms with Crippen LogP contribution < -0.4 is 0 Å². The molecule has 1 fully saturated rings. The zero-order chi connectivity index (χ0) is 12.3. The van der Waals surface area contributed by atoms with Crippen LogP contribution in [0.5, 0.6) is 0 Å². The van der Waals surface area contributed by atoms with Gasteiger partial charge < -0.3 is 5.11 Å². The molecule has 0 radical (unpaired) electrons. The molecule has 2 rings (SSSR count). The van der Waals surface area contributed by atoms with Gasteiger partial charge in [-0.1, -0.05) is 42.5 Å². The smallest absolute Gasteiger partial charge is 0.0543 e. The summed E-state index contributed by atoms with van der Waals surface area (Å²) in [6.45, 7) is 0. The fourth-order valence-electron chi connectivity index (χ4n) is 2.63. The van der Waals surface area contributed by atoms with E-state index in [0.29, 0.717) is 5.92 Å². The summed E-state index contributed by atoms with van der Waals surface area (Å²) in [4.78, 5) is 0. The second-order valence-corrected chi connectivity index (χ2v) is 5.82. The average Bonchev–Trinajstić information content (AvgIpc) is 2.48. The van der Waals surface area contributed by atoms with Crippen molar-refractivity contribution in [3.8, 4) is 0 Å². The van der Waals surface area contributed by atoms with Crippen LogP contribution in [0.1, 0.15) is 37.7 Å². The highest BCUT2D eigenvalue weighted by Crippen LogP contribution is 2.30. The van der Waals surface area contributed by atoms with Crippen molar-refractivity contribution >= 4 is 23.2 Å². The topological polar surface area (TPSA) is 20.2 Å².